The molecular weight excluding hydrogens is 240 g/mol. The molecule has 1 N–H and O–H groups in total. The molecule has 4 heteroatoms. The van der Waals surface area contributed by atoms with Gasteiger partial charge in [-0.3, -0.25) is 9.59 Å². The molecule has 0 spiro atoms. The largest absolute Gasteiger partial charge is 0.345 e. The van der Waals surface area contributed by atoms with Crippen LogP contribution >= 0.6 is 0 Å². The molecule has 4 nitrogen and oxygen atoms in total. The van der Waals surface area contributed by atoms with Crippen LogP contribution in [0.2, 0.25) is 0 Å². The summed E-state index contributed by atoms with van der Waals surface area (Å²) < 4.78 is 0. The van der Waals surface area contributed by atoms with E-state index in [1.807, 2.05) is 4.90 Å². The van der Waals surface area contributed by atoms with E-state index in [9.17, 15) is 9.59 Å². The van der Waals surface area contributed by atoms with Gasteiger partial charge in [-0.25, -0.2) is 0 Å². The van der Waals surface area contributed by atoms with Crippen LogP contribution in [0.5, 0.6) is 0 Å². The normalized spacial score (nSPS) is 27.3. The average molecular weight is 266 g/mol. The second-order valence-corrected chi connectivity index (χ2v) is 6.12. The van der Waals surface area contributed by atoms with Gasteiger partial charge in [-0.15, -0.1) is 0 Å². The van der Waals surface area contributed by atoms with Gasteiger partial charge in [-0.1, -0.05) is 39.5 Å². The summed E-state index contributed by atoms with van der Waals surface area (Å²) in [6.45, 7) is 5.19. The van der Waals surface area contributed by atoms with Crippen molar-refractivity contribution in [2.24, 2.45) is 11.8 Å². The van der Waals surface area contributed by atoms with Crippen LogP contribution in [0.1, 0.15) is 52.4 Å². The van der Waals surface area contributed by atoms with Gasteiger partial charge in [0, 0.05) is 6.54 Å². The first-order valence-corrected chi connectivity index (χ1v) is 7.70. The van der Waals surface area contributed by atoms with Crippen molar-refractivity contribution in [1.82, 2.24) is 10.2 Å². The summed E-state index contributed by atoms with van der Waals surface area (Å²) in [4.78, 5) is 26.2. The summed E-state index contributed by atoms with van der Waals surface area (Å²) in [5, 5.41) is 2.77. The van der Waals surface area contributed by atoms with E-state index in [0.717, 1.165) is 25.8 Å². The fourth-order valence-electron chi connectivity index (χ4n) is 3.26. The van der Waals surface area contributed by atoms with Gasteiger partial charge >= 0.3 is 0 Å². The van der Waals surface area contributed by atoms with Gasteiger partial charge in [0.1, 0.15) is 6.04 Å². The molecule has 0 aromatic heterocycles. The van der Waals surface area contributed by atoms with Crippen molar-refractivity contribution >= 4 is 11.8 Å². The van der Waals surface area contributed by atoms with Crippen molar-refractivity contribution in [3.8, 4) is 0 Å². The fourth-order valence-corrected chi connectivity index (χ4v) is 3.26. The molecule has 2 aliphatic rings. The minimum Gasteiger partial charge on any atom is -0.345 e. The monoisotopic (exact) mass is 266 g/mol. The molecule has 1 aliphatic carbocycles. The number of piperazine rings is 1. The van der Waals surface area contributed by atoms with Crippen LogP contribution in [0.4, 0.5) is 0 Å². The highest BCUT2D eigenvalue weighted by molar-refractivity contribution is 5.95. The molecule has 0 aromatic carbocycles. The number of carbonyl (C=O) groups excluding carboxylic acids is 2. The highest BCUT2D eigenvalue weighted by Crippen LogP contribution is 2.30. The zero-order chi connectivity index (χ0) is 13.8. The molecule has 1 saturated carbocycles. The van der Waals surface area contributed by atoms with Crippen molar-refractivity contribution in [2.75, 3.05) is 13.1 Å². The first-order valence-electron chi connectivity index (χ1n) is 7.70. The van der Waals surface area contributed by atoms with E-state index in [0.29, 0.717) is 11.8 Å². The number of amides is 2. The smallest absolute Gasteiger partial charge is 0.243 e. The van der Waals surface area contributed by atoms with Crippen LogP contribution in [0, 0.1) is 11.8 Å². The zero-order valence-corrected chi connectivity index (χ0v) is 12.2. The molecule has 108 valence electrons. The maximum Gasteiger partial charge on any atom is 0.243 e. The van der Waals surface area contributed by atoms with E-state index >= 15 is 0 Å². The summed E-state index contributed by atoms with van der Waals surface area (Å²) >= 11 is 0. The zero-order valence-electron chi connectivity index (χ0n) is 12.2. The molecule has 1 saturated heterocycles. The molecule has 1 heterocycles. The van der Waals surface area contributed by atoms with Gasteiger partial charge in [0.25, 0.3) is 0 Å². The molecule has 19 heavy (non-hydrogen) atoms. The van der Waals surface area contributed by atoms with Crippen LogP contribution in [-0.4, -0.2) is 35.8 Å². The van der Waals surface area contributed by atoms with Gasteiger partial charge in [-0.05, 0) is 24.7 Å². The predicted molar refractivity (Wildman–Crippen MR) is 74.5 cm³/mol. The van der Waals surface area contributed by atoms with Gasteiger partial charge in [0.2, 0.25) is 11.8 Å². The van der Waals surface area contributed by atoms with Crippen molar-refractivity contribution in [1.29, 1.82) is 0 Å². The van der Waals surface area contributed by atoms with Crippen molar-refractivity contribution in [3.63, 3.8) is 0 Å². The molecule has 0 aromatic rings. The van der Waals surface area contributed by atoms with E-state index in [4.69, 9.17) is 0 Å². The molecule has 1 aliphatic heterocycles. The quantitative estimate of drug-likeness (QED) is 0.845. The lowest BCUT2D eigenvalue weighted by Crippen LogP contribution is -2.61. The van der Waals surface area contributed by atoms with Crippen LogP contribution in [0.15, 0.2) is 0 Å². The van der Waals surface area contributed by atoms with E-state index < -0.39 is 0 Å². The molecule has 2 fully saturated rings. The van der Waals surface area contributed by atoms with Gasteiger partial charge in [0.05, 0.1) is 6.54 Å². The van der Waals surface area contributed by atoms with E-state index in [-0.39, 0.29) is 24.4 Å². The third-order valence-corrected chi connectivity index (χ3v) is 4.64. The Bertz CT molecular complexity index is 337. The number of rotatable bonds is 4. The number of nitrogens with zero attached hydrogens (tertiary/aromatic N) is 1. The molecule has 2 atom stereocenters. The summed E-state index contributed by atoms with van der Waals surface area (Å²) in [7, 11) is 0. The van der Waals surface area contributed by atoms with Crippen LogP contribution < -0.4 is 5.32 Å². The Morgan fingerprint density at radius 3 is 2.58 bits per heavy atom. The second-order valence-electron chi connectivity index (χ2n) is 6.12. The summed E-state index contributed by atoms with van der Waals surface area (Å²) in [5.41, 5.74) is 0. The van der Waals surface area contributed by atoms with Gasteiger partial charge in [-0.2, -0.15) is 0 Å². The maximum atomic E-state index is 12.2. The highest BCUT2D eigenvalue weighted by Gasteiger charge is 2.40. The number of hydrogen-bond donors (Lipinski definition) is 1. The first kappa shape index (κ1) is 14.4. The maximum absolute atomic E-state index is 12.2. The third kappa shape index (κ3) is 3.28. The highest BCUT2D eigenvalue weighted by atomic mass is 16.2. The lowest BCUT2D eigenvalue weighted by atomic mass is 9.82. The first-order chi connectivity index (χ1) is 9.13. The topological polar surface area (TPSA) is 49.4 Å². The summed E-state index contributed by atoms with van der Waals surface area (Å²) in [5.74, 6) is 0.980. The Kier molecular flexibility index (Phi) is 4.83. The molecule has 0 bridgehead atoms. The Morgan fingerprint density at radius 2 is 1.95 bits per heavy atom. The molecule has 0 radical (unpaired) electrons. The Morgan fingerprint density at radius 1 is 1.26 bits per heavy atom. The van der Waals surface area contributed by atoms with E-state index in [1.165, 1.54) is 19.3 Å². The summed E-state index contributed by atoms with van der Waals surface area (Å²) in [6, 6.07) is -0.212. The van der Waals surface area contributed by atoms with Gasteiger partial charge < -0.3 is 10.2 Å². The SMILES string of the molecule is CCC(C)CN1C(=O)CNC(=O)C1C1CCCCC1. The number of hydrogen-bond acceptors (Lipinski definition) is 2. The predicted octanol–water partition coefficient (Wildman–Crippen LogP) is 1.94. The van der Waals surface area contributed by atoms with Crippen LogP contribution in [0.25, 0.3) is 0 Å². The van der Waals surface area contributed by atoms with E-state index in [2.05, 4.69) is 19.2 Å². The fraction of sp³-hybridized carbons (Fsp3) is 0.867. The Balaban J connectivity index is 2.12. The molecule has 2 rings (SSSR count). The minimum atomic E-state index is -0.212. The van der Waals surface area contributed by atoms with Gasteiger partial charge in [0.15, 0.2) is 0 Å². The molecular formula is C15H26N2O2. The second kappa shape index (κ2) is 6.40. The molecule has 2 unspecified atom stereocenters. The average Bonchev–Trinajstić information content (AvgIpc) is 2.44. The number of carbonyl (C=O) groups is 2. The Labute approximate surface area is 115 Å². The van der Waals surface area contributed by atoms with Crippen molar-refractivity contribution in [3.05, 3.63) is 0 Å². The van der Waals surface area contributed by atoms with Crippen LogP contribution in [-0.2, 0) is 9.59 Å². The third-order valence-electron chi connectivity index (χ3n) is 4.64. The Hall–Kier alpha value is -1.06. The minimum absolute atomic E-state index is 0.0646. The summed E-state index contributed by atoms with van der Waals surface area (Å²) in [6.07, 6.45) is 6.87. The molecule has 2 amide bonds. The lowest BCUT2D eigenvalue weighted by molar-refractivity contribution is -0.149. The van der Waals surface area contributed by atoms with Crippen LogP contribution in [0.3, 0.4) is 0 Å². The number of nitrogens with one attached hydrogen (secondary N) is 1. The lowest BCUT2D eigenvalue weighted by Gasteiger charge is -2.41. The standard InChI is InChI=1S/C15H26N2O2/c1-3-11(2)10-17-13(18)9-16-15(19)14(17)12-7-5-4-6-8-12/h11-12,14H,3-10H2,1-2H3,(H,16,19). The van der Waals surface area contributed by atoms with Crippen molar-refractivity contribution < 1.29 is 9.59 Å². The van der Waals surface area contributed by atoms with Crippen molar-refractivity contribution in [2.45, 2.75) is 58.4 Å². The van der Waals surface area contributed by atoms with E-state index in [1.54, 1.807) is 0 Å².